The van der Waals surface area contributed by atoms with Crippen LogP contribution >= 0.6 is 0 Å². The fraction of sp³-hybridized carbons (Fsp3) is 0.250. The number of hydrogen-bond donors (Lipinski definition) is 1. The predicted molar refractivity (Wildman–Crippen MR) is 70.4 cm³/mol. The number of aromatic amines is 1. The lowest BCUT2D eigenvalue weighted by atomic mass is 10.4. The summed E-state index contributed by atoms with van der Waals surface area (Å²) in [6.07, 6.45) is 1.89. The Morgan fingerprint density at radius 2 is 2.00 bits per heavy atom. The van der Waals surface area contributed by atoms with Gasteiger partial charge >= 0.3 is 0 Å². The first-order chi connectivity index (χ1) is 8.63. The van der Waals surface area contributed by atoms with Gasteiger partial charge in [0.2, 0.25) is 0 Å². The van der Waals surface area contributed by atoms with Crippen LogP contribution in [0.2, 0.25) is 0 Å². The van der Waals surface area contributed by atoms with E-state index in [1.807, 2.05) is 50.4 Å². The molecule has 3 aromatic heterocycles. The van der Waals surface area contributed by atoms with Crippen molar-refractivity contribution in [2.24, 2.45) is 7.05 Å². The molecule has 0 amide bonds. The van der Waals surface area contributed by atoms with E-state index in [9.17, 15) is 0 Å². The van der Waals surface area contributed by atoms with Crippen molar-refractivity contribution >= 4 is 17.0 Å². The third-order valence-electron chi connectivity index (χ3n) is 2.75. The van der Waals surface area contributed by atoms with Crippen molar-refractivity contribution in [3.8, 4) is 11.5 Å². The van der Waals surface area contributed by atoms with E-state index in [0.717, 1.165) is 22.9 Å². The second kappa shape index (κ2) is 3.83. The van der Waals surface area contributed by atoms with Crippen LogP contribution in [0, 0.1) is 0 Å². The van der Waals surface area contributed by atoms with Crippen LogP contribution < -0.4 is 4.90 Å². The predicted octanol–water partition coefficient (Wildman–Crippen LogP) is 1.42. The van der Waals surface area contributed by atoms with Gasteiger partial charge in [-0.3, -0.25) is 4.68 Å². The summed E-state index contributed by atoms with van der Waals surface area (Å²) in [4.78, 5) is 14.1. The van der Waals surface area contributed by atoms with Gasteiger partial charge in [-0.05, 0) is 18.2 Å². The molecule has 0 unspecified atom stereocenters. The van der Waals surface area contributed by atoms with Gasteiger partial charge in [0.1, 0.15) is 11.5 Å². The van der Waals surface area contributed by atoms with E-state index in [2.05, 4.69) is 20.1 Å². The molecule has 3 rings (SSSR count). The molecule has 0 aliphatic rings. The maximum atomic E-state index is 4.48. The summed E-state index contributed by atoms with van der Waals surface area (Å²) in [5.74, 6) is 1.63. The summed E-state index contributed by atoms with van der Waals surface area (Å²) >= 11 is 0. The van der Waals surface area contributed by atoms with Gasteiger partial charge in [0.25, 0.3) is 0 Å². The van der Waals surface area contributed by atoms with E-state index >= 15 is 0 Å². The summed E-state index contributed by atoms with van der Waals surface area (Å²) in [6.45, 7) is 0. The van der Waals surface area contributed by atoms with Gasteiger partial charge < -0.3 is 9.88 Å². The highest BCUT2D eigenvalue weighted by Gasteiger charge is 2.09. The molecule has 92 valence electrons. The van der Waals surface area contributed by atoms with Crippen molar-refractivity contribution in [1.82, 2.24) is 24.7 Å². The molecule has 0 aliphatic carbocycles. The summed E-state index contributed by atoms with van der Waals surface area (Å²) < 4.78 is 1.75. The molecule has 0 aliphatic heterocycles. The van der Waals surface area contributed by atoms with Crippen molar-refractivity contribution in [2.45, 2.75) is 0 Å². The normalized spacial score (nSPS) is 11.1. The first-order valence-electron chi connectivity index (χ1n) is 5.67. The lowest BCUT2D eigenvalue weighted by Gasteiger charge is -2.09. The third kappa shape index (κ3) is 1.71. The minimum atomic E-state index is 0.710. The monoisotopic (exact) mass is 242 g/mol. The van der Waals surface area contributed by atoms with Crippen LogP contribution in [0.4, 0.5) is 5.82 Å². The fourth-order valence-electron chi connectivity index (χ4n) is 1.79. The Morgan fingerprint density at radius 1 is 1.17 bits per heavy atom. The van der Waals surface area contributed by atoms with E-state index in [1.165, 1.54) is 0 Å². The highest BCUT2D eigenvalue weighted by molar-refractivity contribution is 5.76. The fourth-order valence-corrected chi connectivity index (χ4v) is 1.79. The molecule has 3 aromatic rings. The molecule has 0 saturated carbocycles. The molecule has 3 heterocycles. The maximum Gasteiger partial charge on any atom is 0.180 e. The Balaban J connectivity index is 2.11. The number of aromatic nitrogens is 5. The first-order valence-corrected chi connectivity index (χ1v) is 5.67. The van der Waals surface area contributed by atoms with Gasteiger partial charge in [0.05, 0.1) is 5.52 Å². The Morgan fingerprint density at radius 3 is 2.67 bits per heavy atom. The molecule has 18 heavy (non-hydrogen) atoms. The molecular formula is C12H14N6. The van der Waals surface area contributed by atoms with Gasteiger partial charge in [-0.25, -0.2) is 9.97 Å². The number of nitrogens with one attached hydrogen (secondary N) is 1. The molecule has 6 nitrogen and oxygen atoms in total. The van der Waals surface area contributed by atoms with Crippen LogP contribution in [0.1, 0.15) is 0 Å². The van der Waals surface area contributed by atoms with Crippen LogP contribution in [0.15, 0.2) is 24.4 Å². The summed E-state index contributed by atoms with van der Waals surface area (Å²) in [6, 6.07) is 5.87. The van der Waals surface area contributed by atoms with Crippen LogP contribution in [-0.2, 0) is 7.05 Å². The number of fused-ring (bicyclic) bond motifs is 1. The standard InChI is InChI=1S/C12H14N6/c1-17(2)10-5-4-8-11(14-10)15-12(13-8)9-6-7-18(3)16-9/h4-7H,1-3H3,(H,13,14,15). The van der Waals surface area contributed by atoms with Crippen LogP contribution in [-0.4, -0.2) is 38.8 Å². The van der Waals surface area contributed by atoms with Gasteiger partial charge in [-0.2, -0.15) is 5.10 Å². The largest absolute Gasteiger partial charge is 0.363 e. The Labute approximate surface area is 104 Å². The molecule has 0 spiro atoms. The van der Waals surface area contributed by atoms with E-state index in [0.29, 0.717) is 5.65 Å². The molecule has 0 saturated heterocycles. The van der Waals surface area contributed by atoms with E-state index in [4.69, 9.17) is 0 Å². The van der Waals surface area contributed by atoms with Crippen LogP contribution in [0.3, 0.4) is 0 Å². The van der Waals surface area contributed by atoms with Crippen molar-refractivity contribution in [1.29, 1.82) is 0 Å². The summed E-state index contributed by atoms with van der Waals surface area (Å²) in [7, 11) is 5.80. The summed E-state index contributed by atoms with van der Waals surface area (Å²) in [5, 5.41) is 4.32. The smallest absolute Gasteiger partial charge is 0.180 e. The van der Waals surface area contributed by atoms with Crippen molar-refractivity contribution in [3.05, 3.63) is 24.4 Å². The average molecular weight is 242 g/mol. The highest BCUT2D eigenvalue weighted by atomic mass is 15.3. The average Bonchev–Trinajstić information content (AvgIpc) is 2.93. The second-order valence-electron chi connectivity index (χ2n) is 4.40. The van der Waals surface area contributed by atoms with E-state index in [1.54, 1.807) is 4.68 Å². The lowest BCUT2D eigenvalue weighted by Crippen LogP contribution is -2.10. The summed E-state index contributed by atoms with van der Waals surface area (Å²) in [5.41, 5.74) is 2.45. The minimum absolute atomic E-state index is 0.710. The Bertz CT molecular complexity index is 693. The Kier molecular flexibility index (Phi) is 2.29. The quantitative estimate of drug-likeness (QED) is 0.738. The van der Waals surface area contributed by atoms with Crippen molar-refractivity contribution < 1.29 is 0 Å². The van der Waals surface area contributed by atoms with Gasteiger partial charge in [0, 0.05) is 27.3 Å². The number of anilines is 1. The van der Waals surface area contributed by atoms with E-state index < -0.39 is 0 Å². The maximum absolute atomic E-state index is 4.48. The minimum Gasteiger partial charge on any atom is -0.363 e. The first kappa shape index (κ1) is 10.8. The number of H-pyrrole nitrogens is 1. The topological polar surface area (TPSA) is 62.6 Å². The molecule has 0 fully saturated rings. The lowest BCUT2D eigenvalue weighted by molar-refractivity contribution is 0.769. The van der Waals surface area contributed by atoms with Gasteiger partial charge in [0.15, 0.2) is 11.5 Å². The van der Waals surface area contributed by atoms with Crippen molar-refractivity contribution in [2.75, 3.05) is 19.0 Å². The third-order valence-corrected chi connectivity index (χ3v) is 2.75. The number of imidazole rings is 1. The second-order valence-corrected chi connectivity index (χ2v) is 4.40. The zero-order valence-electron chi connectivity index (χ0n) is 10.5. The molecule has 0 atom stereocenters. The molecule has 0 radical (unpaired) electrons. The number of pyridine rings is 1. The number of hydrogen-bond acceptors (Lipinski definition) is 4. The molecule has 1 N–H and O–H groups in total. The van der Waals surface area contributed by atoms with Gasteiger partial charge in [-0.15, -0.1) is 0 Å². The molecule has 0 bridgehead atoms. The van der Waals surface area contributed by atoms with Crippen LogP contribution in [0.5, 0.6) is 0 Å². The SMILES string of the molecule is CN(C)c1ccc2[nH]c(-c3ccn(C)n3)nc2n1. The number of nitrogens with zero attached hydrogens (tertiary/aromatic N) is 5. The molecule has 0 aromatic carbocycles. The zero-order chi connectivity index (χ0) is 12.7. The zero-order valence-corrected chi connectivity index (χ0v) is 10.5. The van der Waals surface area contributed by atoms with Crippen LogP contribution in [0.25, 0.3) is 22.7 Å². The van der Waals surface area contributed by atoms with Gasteiger partial charge in [-0.1, -0.05) is 0 Å². The highest BCUT2D eigenvalue weighted by Crippen LogP contribution is 2.19. The number of rotatable bonds is 2. The Hall–Kier alpha value is -2.37. The molecular weight excluding hydrogens is 228 g/mol. The molecule has 6 heteroatoms. The number of aryl methyl sites for hydroxylation is 1. The van der Waals surface area contributed by atoms with Crippen molar-refractivity contribution in [3.63, 3.8) is 0 Å². The van der Waals surface area contributed by atoms with E-state index in [-0.39, 0.29) is 0 Å².